The Bertz CT molecular complexity index is 618. The van der Waals surface area contributed by atoms with Gasteiger partial charge in [-0.2, -0.15) is 4.98 Å². The molecule has 2 aromatic rings. The first-order valence-corrected chi connectivity index (χ1v) is 8.50. The Hall–Kier alpha value is -1.53. The number of fused-ring (bicyclic) bond motifs is 1. The van der Waals surface area contributed by atoms with Crippen molar-refractivity contribution in [2.24, 2.45) is 0 Å². The Balaban J connectivity index is 1.57. The second kappa shape index (κ2) is 5.69. The molecule has 3 heterocycles. The SMILES string of the molecule is c1ccc2c(c1)SCC2c1nc(N2CCCNCC2)n[nH]1. The van der Waals surface area contributed by atoms with Crippen molar-refractivity contribution >= 4 is 17.7 Å². The van der Waals surface area contributed by atoms with Gasteiger partial charge in [-0.05, 0) is 24.6 Å². The van der Waals surface area contributed by atoms with Crippen LogP contribution in [0.3, 0.4) is 0 Å². The van der Waals surface area contributed by atoms with Gasteiger partial charge in [0.25, 0.3) is 0 Å². The quantitative estimate of drug-likeness (QED) is 0.886. The molecule has 1 atom stereocenters. The van der Waals surface area contributed by atoms with Gasteiger partial charge in [0.1, 0.15) is 5.82 Å². The normalized spacial score (nSPS) is 22.1. The van der Waals surface area contributed by atoms with E-state index in [0.717, 1.165) is 50.1 Å². The van der Waals surface area contributed by atoms with Gasteiger partial charge >= 0.3 is 0 Å². The first-order chi connectivity index (χ1) is 10.4. The number of nitrogens with zero attached hydrogens (tertiary/aromatic N) is 3. The molecule has 0 bridgehead atoms. The molecule has 1 aromatic heterocycles. The van der Waals surface area contributed by atoms with Crippen LogP contribution >= 0.6 is 11.8 Å². The molecular formula is C15H19N5S. The number of H-pyrrole nitrogens is 1. The molecule has 0 spiro atoms. The number of hydrogen-bond donors (Lipinski definition) is 2. The van der Waals surface area contributed by atoms with E-state index in [1.165, 1.54) is 10.5 Å². The maximum atomic E-state index is 4.77. The van der Waals surface area contributed by atoms with Crippen molar-refractivity contribution in [1.82, 2.24) is 20.5 Å². The molecule has 2 aliphatic rings. The average molecular weight is 301 g/mol. The van der Waals surface area contributed by atoms with Crippen molar-refractivity contribution in [3.63, 3.8) is 0 Å². The van der Waals surface area contributed by atoms with Gasteiger partial charge in [0.15, 0.2) is 0 Å². The van der Waals surface area contributed by atoms with Crippen molar-refractivity contribution in [2.75, 3.05) is 36.8 Å². The first-order valence-electron chi connectivity index (χ1n) is 7.51. The molecule has 4 rings (SSSR count). The third-order valence-corrected chi connectivity index (χ3v) is 5.33. The van der Waals surface area contributed by atoms with Gasteiger partial charge in [-0.1, -0.05) is 18.2 Å². The van der Waals surface area contributed by atoms with Crippen LogP contribution in [0.15, 0.2) is 29.2 Å². The molecule has 5 nitrogen and oxygen atoms in total. The summed E-state index contributed by atoms with van der Waals surface area (Å²) in [5, 5.41) is 11.0. The molecule has 6 heteroatoms. The summed E-state index contributed by atoms with van der Waals surface area (Å²) in [4.78, 5) is 8.42. The Morgan fingerprint density at radius 3 is 3.14 bits per heavy atom. The third kappa shape index (κ3) is 2.53. The van der Waals surface area contributed by atoms with Gasteiger partial charge in [0.05, 0.1) is 5.92 Å². The van der Waals surface area contributed by atoms with Gasteiger partial charge in [0, 0.05) is 30.3 Å². The molecule has 1 fully saturated rings. The van der Waals surface area contributed by atoms with Crippen molar-refractivity contribution in [1.29, 1.82) is 0 Å². The summed E-state index contributed by atoms with van der Waals surface area (Å²) in [5.41, 5.74) is 1.38. The molecule has 1 aromatic carbocycles. The fourth-order valence-corrected chi connectivity index (χ4v) is 4.23. The lowest BCUT2D eigenvalue weighted by Crippen LogP contribution is -2.28. The maximum absolute atomic E-state index is 4.77. The Morgan fingerprint density at radius 1 is 1.19 bits per heavy atom. The Labute approximate surface area is 128 Å². The predicted octanol–water partition coefficient (Wildman–Crippen LogP) is 1.84. The zero-order chi connectivity index (χ0) is 14.1. The highest BCUT2D eigenvalue weighted by Crippen LogP contribution is 2.41. The Morgan fingerprint density at radius 2 is 2.14 bits per heavy atom. The number of nitrogens with one attached hydrogen (secondary N) is 2. The second-order valence-corrected chi connectivity index (χ2v) is 6.57. The number of thioether (sulfide) groups is 1. The van der Waals surface area contributed by atoms with E-state index in [1.807, 2.05) is 11.8 Å². The summed E-state index contributed by atoms with van der Waals surface area (Å²) >= 11 is 1.91. The van der Waals surface area contributed by atoms with Crippen LogP contribution in [0.4, 0.5) is 5.95 Å². The molecule has 0 saturated carbocycles. The molecule has 0 radical (unpaired) electrons. The number of aromatic amines is 1. The minimum atomic E-state index is 0.345. The van der Waals surface area contributed by atoms with Gasteiger partial charge in [-0.15, -0.1) is 16.9 Å². The van der Waals surface area contributed by atoms with Crippen molar-refractivity contribution in [2.45, 2.75) is 17.2 Å². The fourth-order valence-electron chi connectivity index (χ4n) is 3.00. The fraction of sp³-hybridized carbons (Fsp3) is 0.467. The first kappa shape index (κ1) is 13.2. The zero-order valence-corrected chi connectivity index (χ0v) is 12.7. The lowest BCUT2D eigenvalue weighted by molar-refractivity contribution is 0.724. The minimum Gasteiger partial charge on any atom is -0.338 e. The number of rotatable bonds is 2. The number of aromatic nitrogens is 3. The van der Waals surface area contributed by atoms with E-state index in [-0.39, 0.29) is 0 Å². The smallest absolute Gasteiger partial charge is 0.244 e. The lowest BCUT2D eigenvalue weighted by atomic mass is 10.0. The Kier molecular flexibility index (Phi) is 3.57. The molecule has 110 valence electrons. The number of anilines is 1. The lowest BCUT2D eigenvalue weighted by Gasteiger charge is -2.17. The summed E-state index contributed by atoms with van der Waals surface area (Å²) in [6, 6.07) is 8.61. The van der Waals surface area contributed by atoms with Gasteiger partial charge < -0.3 is 10.2 Å². The molecular weight excluding hydrogens is 282 g/mol. The van der Waals surface area contributed by atoms with Crippen LogP contribution in [0, 0.1) is 0 Å². The third-order valence-electron chi connectivity index (χ3n) is 4.14. The van der Waals surface area contributed by atoms with Crippen LogP contribution in [0.1, 0.15) is 23.7 Å². The van der Waals surface area contributed by atoms with E-state index in [0.29, 0.717) is 5.92 Å². The van der Waals surface area contributed by atoms with E-state index in [4.69, 9.17) is 4.98 Å². The number of hydrogen-bond acceptors (Lipinski definition) is 5. The van der Waals surface area contributed by atoms with Crippen LogP contribution in [0.2, 0.25) is 0 Å². The zero-order valence-electron chi connectivity index (χ0n) is 11.9. The topological polar surface area (TPSA) is 56.8 Å². The minimum absolute atomic E-state index is 0.345. The second-order valence-electron chi connectivity index (χ2n) is 5.51. The molecule has 1 saturated heterocycles. The highest BCUT2D eigenvalue weighted by molar-refractivity contribution is 7.99. The highest BCUT2D eigenvalue weighted by atomic mass is 32.2. The molecule has 0 aliphatic carbocycles. The molecule has 2 N–H and O–H groups in total. The van der Waals surface area contributed by atoms with E-state index < -0.39 is 0 Å². The van der Waals surface area contributed by atoms with Crippen molar-refractivity contribution in [3.05, 3.63) is 35.7 Å². The van der Waals surface area contributed by atoms with E-state index in [1.54, 1.807) is 0 Å². The van der Waals surface area contributed by atoms with Gasteiger partial charge in [-0.25, -0.2) is 0 Å². The van der Waals surface area contributed by atoms with Crippen LogP contribution in [-0.2, 0) is 0 Å². The molecule has 0 amide bonds. The largest absolute Gasteiger partial charge is 0.338 e. The standard InChI is InChI=1S/C15H19N5S/c1-2-5-13-11(4-1)12(10-21-13)14-17-15(19-18-14)20-8-3-6-16-7-9-20/h1-2,4-5,12,16H,3,6-10H2,(H,17,18,19). The van der Waals surface area contributed by atoms with E-state index >= 15 is 0 Å². The highest BCUT2D eigenvalue weighted by Gasteiger charge is 2.27. The summed E-state index contributed by atoms with van der Waals surface area (Å²) in [6.07, 6.45) is 1.14. The van der Waals surface area contributed by atoms with Crippen LogP contribution in [0.25, 0.3) is 0 Å². The predicted molar refractivity (Wildman–Crippen MR) is 85.1 cm³/mol. The summed E-state index contributed by atoms with van der Waals surface area (Å²) in [5.74, 6) is 3.25. The molecule has 2 aliphatic heterocycles. The van der Waals surface area contributed by atoms with Crippen LogP contribution < -0.4 is 10.2 Å². The van der Waals surface area contributed by atoms with E-state index in [2.05, 4.69) is 44.7 Å². The van der Waals surface area contributed by atoms with Gasteiger partial charge in [-0.3, -0.25) is 5.10 Å². The summed E-state index contributed by atoms with van der Waals surface area (Å²) in [6.45, 7) is 4.10. The maximum Gasteiger partial charge on any atom is 0.244 e. The van der Waals surface area contributed by atoms with Crippen molar-refractivity contribution < 1.29 is 0 Å². The van der Waals surface area contributed by atoms with Crippen molar-refractivity contribution in [3.8, 4) is 0 Å². The van der Waals surface area contributed by atoms with Crippen LogP contribution in [0.5, 0.6) is 0 Å². The number of benzene rings is 1. The molecule has 1 unspecified atom stereocenters. The van der Waals surface area contributed by atoms with Crippen LogP contribution in [-0.4, -0.2) is 47.1 Å². The summed E-state index contributed by atoms with van der Waals surface area (Å²) in [7, 11) is 0. The molecule has 21 heavy (non-hydrogen) atoms. The van der Waals surface area contributed by atoms with Gasteiger partial charge in [0.2, 0.25) is 5.95 Å². The monoisotopic (exact) mass is 301 g/mol. The average Bonchev–Trinajstić information content (AvgIpc) is 3.07. The summed E-state index contributed by atoms with van der Waals surface area (Å²) < 4.78 is 0. The van der Waals surface area contributed by atoms with E-state index in [9.17, 15) is 0 Å².